The van der Waals surface area contributed by atoms with Crippen LogP contribution in [0, 0.1) is 0 Å². The first-order valence-electron chi connectivity index (χ1n) is 3.83. The van der Waals surface area contributed by atoms with Crippen LogP contribution in [0.15, 0.2) is 0 Å². The third kappa shape index (κ3) is 3.73. The molecule has 0 aromatic heterocycles. The van der Waals surface area contributed by atoms with E-state index in [0.29, 0.717) is 0 Å². The van der Waals surface area contributed by atoms with Crippen molar-refractivity contribution in [2.45, 2.75) is 31.9 Å². The van der Waals surface area contributed by atoms with Gasteiger partial charge in [0, 0.05) is 0 Å². The van der Waals surface area contributed by atoms with Gasteiger partial charge in [0.25, 0.3) is 10.1 Å². The first-order valence-corrected chi connectivity index (χ1v) is 5.27. The number of carbonyl (C=O) groups excluding carboxylic acids is 1. The minimum atomic E-state index is -4.22. The quantitative estimate of drug-likeness (QED) is 0.543. The smallest absolute Gasteiger partial charge is 0.307 e. The van der Waals surface area contributed by atoms with Crippen LogP contribution >= 0.6 is 0 Å². The highest BCUT2D eigenvalue weighted by Gasteiger charge is 2.35. The Kier molecular flexibility index (Phi) is 3.87. The fourth-order valence-electron chi connectivity index (χ4n) is 0.651. The molecule has 0 unspecified atom stereocenters. The maximum absolute atomic E-state index is 10.9. The van der Waals surface area contributed by atoms with Crippen molar-refractivity contribution in [2.24, 2.45) is 0 Å². The molecule has 0 saturated carbocycles. The second-order valence-corrected chi connectivity index (χ2v) is 5.27. The average molecular weight is 210 g/mol. The SMILES string of the molecule is CCOC(=O)CC(C)(C)S(=O)(=O)O. The summed E-state index contributed by atoms with van der Waals surface area (Å²) in [5.74, 6) is -0.634. The third-order valence-electron chi connectivity index (χ3n) is 1.57. The van der Waals surface area contributed by atoms with Crippen molar-refractivity contribution in [3.8, 4) is 0 Å². The molecule has 0 bridgehead atoms. The number of esters is 1. The van der Waals surface area contributed by atoms with Gasteiger partial charge in [-0.3, -0.25) is 9.35 Å². The van der Waals surface area contributed by atoms with Gasteiger partial charge >= 0.3 is 5.97 Å². The minimum absolute atomic E-state index is 0.195. The Morgan fingerprint density at radius 1 is 1.46 bits per heavy atom. The fraction of sp³-hybridized carbons (Fsp3) is 0.857. The van der Waals surface area contributed by atoms with Crippen molar-refractivity contribution in [3.63, 3.8) is 0 Å². The van der Waals surface area contributed by atoms with Gasteiger partial charge in [-0.15, -0.1) is 0 Å². The Bertz CT molecular complexity index is 277. The molecule has 0 amide bonds. The molecule has 0 aromatic rings. The van der Waals surface area contributed by atoms with Gasteiger partial charge in [-0.25, -0.2) is 0 Å². The largest absolute Gasteiger partial charge is 0.466 e. The van der Waals surface area contributed by atoms with Gasteiger partial charge in [0.05, 0.1) is 13.0 Å². The van der Waals surface area contributed by atoms with Gasteiger partial charge in [0.2, 0.25) is 0 Å². The molecule has 1 N–H and O–H groups in total. The van der Waals surface area contributed by atoms with E-state index in [1.165, 1.54) is 13.8 Å². The number of rotatable bonds is 4. The molecule has 13 heavy (non-hydrogen) atoms. The van der Waals surface area contributed by atoms with Crippen molar-refractivity contribution >= 4 is 16.1 Å². The second-order valence-electron chi connectivity index (χ2n) is 3.22. The number of carbonyl (C=O) groups is 1. The molecule has 0 aromatic carbocycles. The molecule has 6 heteroatoms. The van der Waals surface area contributed by atoms with Gasteiger partial charge in [0.15, 0.2) is 0 Å². The minimum Gasteiger partial charge on any atom is -0.466 e. The summed E-state index contributed by atoms with van der Waals surface area (Å²) in [6, 6.07) is 0. The summed E-state index contributed by atoms with van der Waals surface area (Å²) in [7, 11) is -4.22. The molecule has 0 rings (SSSR count). The van der Waals surface area contributed by atoms with E-state index >= 15 is 0 Å². The summed E-state index contributed by atoms with van der Waals surface area (Å²) in [5, 5.41) is 0. The van der Waals surface area contributed by atoms with Crippen molar-refractivity contribution in [3.05, 3.63) is 0 Å². The monoisotopic (exact) mass is 210 g/mol. The first-order chi connectivity index (χ1) is 5.70. The van der Waals surface area contributed by atoms with Crippen LogP contribution in [0.5, 0.6) is 0 Å². The van der Waals surface area contributed by atoms with E-state index in [2.05, 4.69) is 4.74 Å². The Labute approximate surface area is 77.8 Å². The molecule has 78 valence electrons. The zero-order valence-corrected chi connectivity index (χ0v) is 8.72. The van der Waals surface area contributed by atoms with Crippen molar-refractivity contribution < 1.29 is 22.5 Å². The Morgan fingerprint density at radius 3 is 2.23 bits per heavy atom. The van der Waals surface area contributed by atoms with Crippen molar-refractivity contribution in [2.75, 3.05) is 6.61 Å². The zero-order valence-electron chi connectivity index (χ0n) is 7.90. The van der Waals surface area contributed by atoms with Gasteiger partial charge in [-0.1, -0.05) is 0 Å². The predicted octanol–water partition coefficient (Wildman–Crippen LogP) is 0.606. The lowest BCUT2D eigenvalue weighted by Gasteiger charge is -2.18. The fourth-order valence-corrected chi connectivity index (χ4v) is 0.951. The van der Waals surface area contributed by atoms with Crippen LogP contribution in [0.25, 0.3) is 0 Å². The summed E-state index contributed by atoms with van der Waals surface area (Å²) < 4.78 is 33.3. The summed E-state index contributed by atoms with van der Waals surface area (Å²) in [4.78, 5) is 10.9. The standard InChI is InChI=1S/C7H14O5S/c1-4-12-6(8)5-7(2,3)13(9,10)11/h4-5H2,1-3H3,(H,9,10,11). The highest BCUT2D eigenvalue weighted by Crippen LogP contribution is 2.19. The van der Waals surface area contributed by atoms with Crippen molar-refractivity contribution in [1.29, 1.82) is 0 Å². The van der Waals surface area contributed by atoms with Gasteiger partial charge in [-0.2, -0.15) is 8.42 Å². The highest BCUT2D eigenvalue weighted by molar-refractivity contribution is 7.87. The third-order valence-corrected chi connectivity index (χ3v) is 3.11. The van der Waals surface area contributed by atoms with Crippen LogP contribution < -0.4 is 0 Å². The zero-order chi connectivity index (χ0) is 10.7. The van der Waals surface area contributed by atoms with Gasteiger partial charge < -0.3 is 4.74 Å². The van der Waals surface area contributed by atoms with Crippen LogP contribution in [0.2, 0.25) is 0 Å². The predicted molar refractivity (Wildman–Crippen MR) is 46.9 cm³/mol. The number of ether oxygens (including phenoxy) is 1. The van der Waals surface area contributed by atoms with Crippen LogP contribution in [-0.2, 0) is 19.6 Å². The molecule has 0 aliphatic rings. The van der Waals surface area contributed by atoms with E-state index in [1.54, 1.807) is 6.92 Å². The molecule has 0 aliphatic carbocycles. The summed E-state index contributed by atoms with van der Waals surface area (Å²) in [6.45, 7) is 4.34. The number of hydrogen-bond acceptors (Lipinski definition) is 4. The molecule has 0 atom stereocenters. The van der Waals surface area contributed by atoms with Crippen LogP contribution in [-0.4, -0.2) is 30.3 Å². The molecule has 0 fully saturated rings. The van der Waals surface area contributed by atoms with Gasteiger partial charge in [0.1, 0.15) is 4.75 Å². The molecule has 0 saturated heterocycles. The highest BCUT2D eigenvalue weighted by atomic mass is 32.2. The molecule has 0 spiro atoms. The lowest BCUT2D eigenvalue weighted by molar-refractivity contribution is -0.143. The second kappa shape index (κ2) is 4.06. The van der Waals surface area contributed by atoms with Crippen molar-refractivity contribution in [1.82, 2.24) is 0 Å². The molecule has 0 heterocycles. The maximum Gasteiger partial charge on any atom is 0.307 e. The van der Waals surface area contributed by atoms with E-state index in [0.717, 1.165) is 0 Å². The van der Waals surface area contributed by atoms with Crippen LogP contribution in [0.1, 0.15) is 27.2 Å². The summed E-state index contributed by atoms with van der Waals surface area (Å²) in [5.41, 5.74) is 0. The normalized spacial score (nSPS) is 12.6. The van der Waals surface area contributed by atoms with Crippen LogP contribution in [0.3, 0.4) is 0 Å². The summed E-state index contributed by atoms with van der Waals surface area (Å²) in [6.07, 6.45) is -0.348. The molecule has 0 aliphatic heterocycles. The molecule has 0 radical (unpaired) electrons. The topological polar surface area (TPSA) is 80.7 Å². The van der Waals surface area contributed by atoms with E-state index in [4.69, 9.17) is 4.55 Å². The van der Waals surface area contributed by atoms with E-state index in [1.807, 2.05) is 0 Å². The molecule has 5 nitrogen and oxygen atoms in total. The van der Waals surface area contributed by atoms with E-state index in [-0.39, 0.29) is 13.0 Å². The lowest BCUT2D eigenvalue weighted by atomic mass is 10.1. The molecular weight excluding hydrogens is 196 g/mol. The maximum atomic E-state index is 10.9. The Balaban J connectivity index is 4.44. The van der Waals surface area contributed by atoms with E-state index < -0.39 is 20.8 Å². The Hall–Kier alpha value is -0.620. The Morgan fingerprint density at radius 2 is 1.92 bits per heavy atom. The van der Waals surface area contributed by atoms with E-state index in [9.17, 15) is 13.2 Å². The average Bonchev–Trinajstić information content (AvgIpc) is 1.83. The van der Waals surface area contributed by atoms with Gasteiger partial charge in [-0.05, 0) is 20.8 Å². The summed E-state index contributed by atoms with van der Waals surface area (Å²) >= 11 is 0. The lowest BCUT2D eigenvalue weighted by Crippen LogP contribution is -2.34. The molecular formula is C7H14O5S. The number of hydrogen-bond donors (Lipinski definition) is 1. The first kappa shape index (κ1) is 12.4. The van der Waals surface area contributed by atoms with Crippen LogP contribution in [0.4, 0.5) is 0 Å².